The van der Waals surface area contributed by atoms with Gasteiger partial charge < -0.3 is 18.9 Å². The summed E-state index contributed by atoms with van der Waals surface area (Å²) >= 11 is 0. The van der Waals surface area contributed by atoms with Gasteiger partial charge in [0.05, 0.1) is 13.2 Å². The molecular weight excluding hydrogens is 422 g/mol. The lowest BCUT2D eigenvalue weighted by molar-refractivity contribution is -0.123. The van der Waals surface area contributed by atoms with Crippen molar-refractivity contribution in [3.05, 3.63) is 59.2 Å². The molecule has 0 spiro atoms. The first kappa shape index (κ1) is 23.1. The van der Waals surface area contributed by atoms with E-state index in [4.69, 9.17) is 18.9 Å². The largest absolute Gasteiger partial charge is 0.493 e. The second-order valence-electron chi connectivity index (χ2n) is 8.40. The highest BCUT2D eigenvalue weighted by atomic mass is 16.6. The number of hydrogen-bond acceptors (Lipinski definition) is 6. The van der Waals surface area contributed by atoms with Crippen LogP contribution in [0.25, 0.3) is 0 Å². The quantitative estimate of drug-likeness (QED) is 0.526. The van der Waals surface area contributed by atoms with Crippen LogP contribution in [0.5, 0.6) is 11.5 Å². The van der Waals surface area contributed by atoms with E-state index in [2.05, 4.69) is 30.4 Å². The molecule has 2 heterocycles. The van der Waals surface area contributed by atoms with E-state index < -0.39 is 18.1 Å². The van der Waals surface area contributed by atoms with Gasteiger partial charge >= 0.3 is 6.09 Å². The van der Waals surface area contributed by atoms with Crippen LogP contribution in [0, 0.1) is 0 Å². The predicted molar refractivity (Wildman–Crippen MR) is 123 cm³/mol. The van der Waals surface area contributed by atoms with Crippen LogP contribution in [-0.4, -0.2) is 38.4 Å². The number of rotatable bonds is 10. The fraction of sp³-hybridized carbons (Fsp3) is 0.462. The Morgan fingerprint density at radius 2 is 1.82 bits per heavy atom. The highest BCUT2D eigenvalue weighted by Gasteiger charge is 2.33. The highest BCUT2D eigenvalue weighted by molar-refractivity contribution is 6.00. The fourth-order valence-corrected chi connectivity index (χ4v) is 4.26. The first-order valence-corrected chi connectivity index (χ1v) is 11.7. The molecule has 0 aromatic heterocycles. The van der Waals surface area contributed by atoms with E-state index in [1.54, 1.807) is 18.2 Å². The molecule has 1 atom stereocenters. The molecule has 2 saturated heterocycles. The summed E-state index contributed by atoms with van der Waals surface area (Å²) in [6.07, 6.45) is 3.30. The average Bonchev–Trinajstić information content (AvgIpc) is 3.18. The molecule has 1 unspecified atom stereocenters. The van der Waals surface area contributed by atoms with Crippen LogP contribution in [0.4, 0.5) is 4.79 Å². The molecule has 0 saturated carbocycles. The van der Waals surface area contributed by atoms with Crippen LogP contribution in [0.2, 0.25) is 0 Å². The summed E-state index contributed by atoms with van der Waals surface area (Å²) in [6, 6.07) is 13.6. The van der Waals surface area contributed by atoms with Gasteiger partial charge in [0.1, 0.15) is 11.5 Å². The minimum Gasteiger partial charge on any atom is -0.493 e. The molecule has 2 fully saturated rings. The van der Waals surface area contributed by atoms with Crippen LogP contribution >= 0.6 is 0 Å². The number of cyclic esters (lactones) is 1. The van der Waals surface area contributed by atoms with Gasteiger partial charge in [0.2, 0.25) is 6.10 Å². The van der Waals surface area contributed by atoms with E-state index in [9.17, 15) is 9.59 Å². The molecule has 33 heavy (non-hydrogen) atoms. The van der Waals surface area contributed by atoms with E-state index in [0.717, 1.165) is 51.1 Å². The SMILES string of the molecule is CCCc1cc(C2CCOCC2)ccc1OCCCOc1cccc(C2OC(=O)NC2=O)c1. The van der Waals surface area contributed by atoms with Gasteiger partial charge in [-0.1, -0.05) is 37.6 Å². The van der Waals surface area contributed by atoms with E-state index in [-0.39, 0.29) is 0 Å². The van der Waals surface area contributed by atoms with Crippen LogP contribution in [0.3, 0.4) is 0 Å². The molecule has 2 amide bonds. The third-order valence-electron chi connectivity index (χ3n) is 5.96. The number of carbonyl (C=O) groups excluding carboxylic acids is 2. The van der Waals surface area contributed by atoms with Gasteiger partial charge in [-0.25, -0.2) is 4.79 Å². The third kappa shape index (κ3) is 6.05. The summed E-state index contributed by atoms with van der Waals surface area (Å²) in [4.78, 5) is 23.0. The molecule has 2 aromatic rings. The Balaban J connectivity index is 1.27. The first-order chi connectivity index (χ1) is 16.1. The summed E-state index contributed by atoms with van der Waals surface area (Å²) in [7, 11) is 0. The molecular formula is C26H31NO6. The molecule has 7 heteroatoms. The van der Waals surface area contributed by atoms with Gasteiger partial charge in [0.15, 0.2) is 0 Å². The van der Waals surface area contributed by atoms with Crippen LogP contribution in [-0.2, 0) is 20.7 Å². The minimum atomic E-state index is -0.925. The highest BCUT2D eigenvalue weighted by Crippen LogP contribution is 2.31. The zero-order chi connectivity index (χ0) is 23.0. The van der Waals surface area contributed by atoms with E-state index in [1.165, 1.54) is 11.1 Å². The molecule has 0 radical (unpaired) electrons. The molecule has 2 aliphatic rings. The number of amides is 2. The molecule has 4 rings (SSSR count). The number of aryl methyl sites for hydroxylation is 1. The Kier molecular flexibility index (Phi) is 7.83. The molecule has 7 nitrogen and oxygen atoms in total. The summed E-state index contributed by atoms with van der Waals surface area (Å²) in [5.74, 6) is 1.68. The van der Waals surface area contributed by atoms with Crippen molar-refractivity contribution in [1.29, 1.82) is 0 Å². The Morgan fingerprint density at radius 1 is 1.00 bits per heavy atom. The lowest BCUT2D eigenvalue weighted by Crippen LogP contribution is -2.20. The average molecular weight is 454 g/mol. The summed E-state index contributed by atoms with van der Waals surface area (Å²) in [6.45, 7) is 4.89. The van der Waals surface area contributed by atoms with Gasteiger partial charge in [-0.15, -0.1) is 0 Å². The number of ether oxygens (including phenoxy) is 4. The molecule has 1 N–H and O–H groups in total. The van der Waals surface area contributed by atoms with Crippen molar-refractivity contribution in [1.82, 2.24) is 5.32 Å². The van der Waals surface area contributed by atoms with Gasteiger partial charge in [0.25, 0.3) is 5.91 Å². The van der Waals surface area contributed by atoms with Crippen molar-refractivity contribution in [3.63, 3.8) is 0 Å². The number of hydrogen-bond donors (Lipinski definition) is 1. The normalized spacial score (nSPS) is 18.6. The van der Waals surface area contributed by atoms with Crippen molar-refractivity contribution in [2.75, 3.05) is 26.4 Å². The molecule has 0 bridgehead atoms. The fourth-order valence-electron chi connectivity index (χ4n) is 4.26. The van der Waals surface area contributed by atoms with Gasteiger partial charge in [0, 0.05) is 25.2 Å². The van der Waals surface area contributed by atoms with Crippen molar-refractivity contribution >= 4 is 12.0 Å². The number of imide groups is 1. The van der Waals surface area contributed by atoms with Crippen molar-refractivity contribution in [2.24, 2.45) is 0 Å². The maximum absolute atomic E-state index is 11.8. The summed E-state index contributed by atoms with van der Waals surface area (Å²) in [5, 5.41) is 2.13. The van der Waals surface area contributed by atoms with E-state index in [0.29, 0.717) is 30.4 Å². The lowest BCUT2D eigenvalue weighted by atomic mass is 9.90. The second kappa shape index (κ2) is 11.2. The standard InChI is InChI=1S/C26H31NO6/c1-2-5-20-16-19(18-10-14-30-15-11-18)8-9-23(20)32-13-4-12-31-22-7-3-6-21(17-22)24-25(28)27-26(29)33-24/h3,6-9,16-18,24H,2,4-5,10-15H2,1H3,(H,27,28,29). The van der Waals surface area contributed by atoms with Crippen molar-refractivity contribution < 1.29 is 28.5 Å². The number of nitrogens with one attached hydrogen (secondary N) is 1. The predicted octanol–water partition coefficient (Wildman–Crippen LogP) is 4.69. The van der Waals surface area contributed by atoms with E-state index >= 15 is 0 Å². The minimum absolute atomic E-state index is 0.462. The van der Waals surface area contributed by atoms with Gasteiger partial charge in [-0.3, -0.25) is 10.1 Å². The lowest BCUT2D eigenvalue weighted by Gasteiger charge is -2.23. The Hall–Kier alpha value is -3.06. The zero-order valence-corrected chi connectivity index (χ0v) is 19.0. The Morgan fingerprint density at radius 3 is 2.58 bits per heavy atom. The van der Waals surface area contributed by atoms with Crippen molar-refractivity contribution in [2.45, 2.75) is 51.0 Å². The Labute approximate surface area is 194 Å². The third-order valence-corrected chi connectivity index (χ3v) is 5.96. The summed E-state index contributed by atoms with van der Waals surface area (Å²) < 4.78 is 22.4. The maximum atomic E-state index is 11.8. The van der Waals surface area contributed by atoms with Crippen LogP contribution < -0.4 is 14.8 Å². The van der Waals surface area contributed by atoms with Crippen LogP contribution in [0.1, 0.15) is 61.3 Å². The molecule has 0 aliphatic carbocycles. The first-order valence-electron chi connectivity index (χ1n) is 11.7. The van der Waals surface area contributed by atoms with Crippen LogP contribution in [0.15, 0.2) is 42.5 Å². The smallest absolute Gasteiger partial charge is 0.415 e. The van der Waals surface area contributed by atoms with E-state index in [1.807, 2.05) is 6.07 Å². The Bertz CT molecular complexity index is 969. The second-order valence-corrected chi connectivity index (χ2v) is 8.40. The number of carbonyl (C=O) groups is 2. The zero-order valence-electron chi connectivity index (χ0n) is 19.0. The summed E-state index contributed by atoms with van der Waals surface area (Å²) in [5.41, 5.74) is 3.24. The monoisotopic (exact) mass is 453 g/mol. The maximum Gasteiger partial charge on any atom is 0.415 e. The molecule has 176 valence electrons. The number of benzene rings is 2. The number of alkyl carbamates (subject to hydrolysis) is 1. The molecule has 2 aromatic carbocycles. The molecule has 2 aliphatic heterocycles. The van der Waals surface area contributed by atoms with Gasteiger partial charge in [-0.05, 0) is 54.5 Å². The topological polar surface area (TPSA) is 83.1 Å². The van der Waals surface area contributed by atoms with Crippen molar-refractivity contribution in [3.8, 4) is 11.5 Å². The van der Waals surface area contributed by atoms with Gasteiger partial charge in [-0.2, -0.15) is 0 Å².